The van der Waals surface area contributed by atoms with Gasteiger partial charge >= 0.3 is 0 Å². The van der Waals surface area contributed by atoms with E-state index in [1.165, 1.54) is 0 Å². The van der Waals surface area contributed by atoms with Crippen LogP contribution in [0.25, 0.3) is 0 Å². The van der Waals surface area contributed by atoms with Crippen LogP contribution in [0.5, 0.6) is 5.75 Å². The van der Waals surface area contributed by atoms with E-state index in [4.69, 9.17) is 10.5 Å². The van der Waals surface area contributed by atoms with Crippen LogP contribution in [-0.4, -0.2) is 38.1 Å². The molecule has 0 aliphatic rings. The predicted molar refractivity (Wildman–Crippen MR) is 86.5 cm³/mol. The number of hydrogen-bond donors (Lipinski definition) is 1. The van der Waals surface area contributed by atoms with Gasteiger partial charge in [0.15, 0.2) is 0 Å². The molecule has 0 saturated heterocycles. The molecule has 0 spiro atoms. The Labute approximate surface area is 128 Å². The van der Waals surface area contributed by atoms with Crippen LogP contribution in [0.4, 0.5) is 0 Å². The number of benzene rings is 1. The van der Waals surface area contributed by atoms with Crippen molar-refractivity contribution in [2.45, 2.75) is 33.1 Å². The first-order valence-corrected chi connectivity index (χ1v) is 7.37. The normalized spacial score (nSPS) is 12.9. The highest BCUT2D eigenvalue weighted by molar-refractivity contribution is 5.77. The summed E-state index contributed by atoms with van der Waals surface area (Å²) in [4.78, 5) is 14.1. The Balaban J connectivity index is 2.69. The second kappa shape index (κ2) is 7.46. The van der Waals surface area contributed by atoms with Crippen LogP contribution >= 0.6 is 0 Å². The Morgan fingerprint density at radius 1 is 1.38 bits per heavy atom. The minimum absolute atomic E-state index is 0.0575. The molecule has 1 unspecified atom stereocenters. The van der Waals surface area contributed by atoms with Gasteiger partial charge in [0.05, 0.1) is 7.11 Å². The smallest absolute Gasteiger partial charge is 0.222 e. The summed E-state index contributed by atoms with van der Waals surface area (Å²) in [5.74, 6) is 1.09. The molecule has 0 saturated carbocycles. The van der Waals surface area contributed by atoms with E-state index in [0.29, 0.717) is 19.5 Å². The number of ether oxygens (including phenoxy) is 1. The van der Waals surface area contributed by atoms with Crippen molar-refractivity contribution >= 4 is 5.91 Å². The molecule has 0 radical (unpaired) electrons. The minimum Gasteiger partial charge on any atom is -0.496 e. The van der Waals surface area contributed by atoms with Crippen molar-refractivity contribution in [3.63, 3.8) is 0 Å². The number of methoxy groups -OCH3 is 1. The van der Waals surface area contributed by atoms with E-state index in [0.717, 1.165) is 11.3 Å². The Kier molecular flexibility index (Phi) is 6.21. The monoisotopic (exact) mass is 292 g/mol. The van der Waals surface area contributed by atoms with E-state index in [9.17, 15) is 4.79 Å². The average molecular weight is 292 g/mol. The second-order valence-electron chi connectivity index (χ2n) is 6.47. The van der Waals surface area contributed by atoms with E-state index in [-0.39, 0.29) is 17.2 Å². The summed E-state index contributed by atoms with van der Waals surface area (Å²) < 4.78 is 5.37. The molecule has 1 rings (SSSR count). The number of amides is 1. The molecule has 1 aromatic rings. The van der Waals surface area contributed by atoms with Gasteiger partial charge in [0, 0.05) is 20.0 Å². The maximum absolute atomic E-state index is 12.4. The van der Waals surface area contributed by atoms with Crippen LogP contribution in [0.15, 0.2) is 24.3 Å². The summed E-state index contributed by atoms with van der Waals surface area (Å²) in [5.41, 5.74) is 6.74. The summed E-state index contributed by atoms with van der Waals surface area (Å²) in [6, 6.07) is 7.85. The van der Waals surface area contributed by atoms with Crippen LogP contribution in [0.3, 0.4) is 0 Å². The standard InChI is InChI=1S/C17H28N2O2/c1-13(14-8-6-7-9-15(14)21-5)10-16(20)19(4)12-17(2,3)11-18/h6-9,13H,10-12,18H2,1-5H3. The number of nitrogens with two attached hydrogens (primary N) is 1. The third-order valence-corrected chi connectivity index (χ3v) is 3.79. The zero-order valence-corrected chi connectivity index (χ0v) is 13.8. The molecule has 1 aromatic carbocycles. The summed E-state index contributed by atoms with van der Waals surface area (Å²) >= 11 is 0. The van der Waals surface area contributed by atoms with Crippen molar-refractivity contribution in [2.24, 2.45) is 11.1 Å². The van der Waals surface area contributed by atoms with Gasteiger partial charge in [-0.05, 0) is 29.5 Å². The summed E-state index contributed by atoms with van der Waals surface area (Å²) in [6.07, 6.45) is 0.470. The van der Waals surface area contributed by atoms with Crippen LogP contribution in [0.1, 0.15) is 38.7 Å². The van der Waals surface area contributed by atoms with E-state index in [2.05, 4.69) is 20.8 Å². The van der Waals surface area contributed by atoms with Gasteiger partial charge in [0.25, 0.3) is 0 Å². The first kappa shape index (κ1) is 17.5. The fourth-order valence-electron chi connectivity index (χ4n) is 2.40. The number of rotatable bonds is 7. The molecular formula is C17H28N2O2. The van der Waals surface area contributed by atoms with Gasteiger partial charge in [-0.1, -0.05) is 39.0 Å². The lowest BCUT2D eigenvalue weighted by Gasteiger charge is -2.29. The molecule has 21 heavy (non-hydrogen) atoms. The molecule has 0 aliphatic carbocycles. The number of para-hydroxylation sites is 1. The molecule has 0 fully saturated rings. The predicted octanol–water partition coefficient (Wildman–Crippen LogP) is 2.63. The molecule has 0 heterocycles. The number of hydrogen-bond acceptors (Lipinski definition) is 3. The van der Waals surface area contributed by atoms with Crippen molar-refractivity contribution in [1.82, 2.24) is 4.90 Å². The van der Waals surface area contributed by atoms with Gasteiger partial charge in [0.2, 0.25) is 5.91 Å². The van der Waals surface area contributed by atoms with Crippen molar-refractivity contribution in [1.29, 1.82) is 0 Å². The zero-order valence-electron chi connectivity index (χ0n) is 13.8. The maximum Gasteiger partial charge on any atom is 0.222 e. The number of carbonyl (C=O) groups excluding carboxylic acids is 1. The molecule has 2 N–H and O–H groups in total. The van der Waals surface area contributed by atoms with Gasteiger partial charge in [-0.15, -0.1) is 0 Å². The third kappa shape index (κ3) is 5.05. The van der Waals surface area contributed by atoms with Crippen molar-refractivity contribution in [3.8, 4) is 5.75 Å². The molecule has 1 amide bonds. The van der Waals surface area contributed by atoms with Crippen LogP contribution in [-0.2, 0) is 4.79 Å². The van der Waals surface area contributed by atoms with Crippen molar-refractivity contribution in [3.05, 3.63) is 29.8 Å². The van der Waals surface area contributed by atoms with E-state index < -0.39 is 0 Å². The summed E-state index contributed by atoms with van der Waals surface area (Å²) in [7, 11) is 3.50. The first-order chi connectivity index (χ1) is 9.80. The Morgan fingerprint density at radius 2 is 2.00 bits per heavy atom. The number of carbonyl (C=O) groups is 1. The van der Waals surface area contributed by atoms with Crippen LogP contribution < -0.4 is 10.5 Å². The molecule has 4 nitrogen and oxygen atoms in total. The maximum atomic E-state index is 12.4. The van der Waals surface area contributed by atoms with Gasteiger partial charge < -0.3 is 15.4 Å². The van der Waals surface area contributed by atoms with Crippen LogP contribution in [0, 0.1) is 5.41 Å². The van der Waals surface area contributed by atoms with Crippen molar-refractivity contribution in [2.75, 3.05) is 27.2 Å². The topological polar surface area (TPSA) is 55.6 Å². The van der Waals surface area contributed by atoms with E-state index in [1.807, 2.05) is 31.3 Å². The lowest BCUT2D eigenvalue weighted by atomic mass is 9.92. The highest BCUT2D eigenvalue weighted by atomic mass is 16.5. The van der Waals surface area contributed by atoms with Gasteiger partial charge in [-0.2, -0.15) is 0 Å². The molecule has 1 atom stereocenters. The SMILES string of the molecule is COc1ccccc1C(C)CC(=O)N(C)CC(C)(C)CN. The quantitative estimate of drug-likeness (QED) is 0.840. The Hall–Kier alpha value is -1.55. The van der Waals surface area contributed by atoms with Gasteiger partial charge in [-0.3, -0.25) is 4.79 Å². The first-order valence-electron chi connectivity index (χ1n) is 7.37. The third-order valence-electron chi connectivity index (χ3n) is 3.79. The Morgan fingerprint density at radius 3 is 2.57 bits per heavy atom. The molecule has 0 aromatic heterocycles. The summed E-state index contributed by atoms with van der Waals surface area (Å²) in [5, 5.41) is 0. The van der Waals surface area contributed by atoms with Crippen LogP contribution in [0.2, 0.25) is 0 Å². The molecular weight excluding hydrogens is 264 g/mol. The molecule has 0 aliphatic heterocycles. The average Bonchev–Trinajstić information content (AvgIpc) is 2.46. The molecule has 0 bridgehead atoms. The largest absolute Gasteiger partial charge is 0.496 e. The van der Waals surface area contributed by atoms with E-state index in [1.54, 1.807) is 12.0 Å². The number of nitrogens with zero attached hydrogens (tertiary/aromatic N) is 1. The highest BCUT2D eigenvalue weighted by Gasteiger charge is 2.23. The summed E-state index contributed by atoms with van der Waals surface area (Å²) in [6.45, 7) is 7.42. The molecule has 118 valence electrons. The fraction of sp³-hybridized carbons (Fsp3) is 0.588. The second-order valence-corrected chi connectivity index (χ2v) is 6.47. The van der Waals surface area contributed by atoms with E-state index >= 15 is 0 Å². The lowest BCUT2D eigenvalue weighted by molar-refractivity contribution is -0.131. The lowest BCUT2D eigenvalue weighted by Crippen LogP contribution is -2.40. The minimum atomic E-state index is -0.0575. The fourth-order valence-corrected chi connectivity index (χ4v) is 2.40. The highest BCUT2D eigenvalue weighted by Crippen LogP contribution is 2.29. The van der Waals surface area contributed by atoms with Crippen molar-refractivity contribution < 1.29 is 9.53 Å². The van der Waals surface area contributed by atoms with Gasteiger partial charge in [-0.25, -0.2) is 0 Å². The van der Waals surface area contributed by atoms with Gasteiger partial charge in [0.1, 0.15) is 5.75 Å². The Bertz CT molecular complexity index is 472. The molecule has 4 heteroatoms. The zero-order chi connectivity index (χ0) is 16.0.